The van der Waals surface area contributed by atoms with Gasteiger partial charge in [0.05, 0.1) is 0 Å². The number of carbonyl (C=O) groups excluding carboxylic acids is 1. The molecule has 6 nitrogen and oxygen atoms in total. The number of anilines is 1. The minimum atomic E-state index is -0.284. The molecule has 30 heavy (non-hydrogen) atoms. The molecule has 0 bridgehead atoms. The summed E-state index contributed by atoms with van der Waals surface area (Å²) < 4.78 is 0. The number of piperidine rings is 1. The Kier molecular flexibility index (Phi) is 14.0. The average molecular weight is 504 g/mol. The van der Waals surface area contributed by atoms with Crippen molar-refractivity contribution in [3.63, 3.8) is 0 Å². The summed E-state index contributed by atoms with van der Waals surface area (Å²) in [7, 11) is 1.84. The Bertz CT molecular complexity index is 823. The maximum absolute atomic E-state index is 11.7. The molecule has 162 valence electrons. The number of aromatic nitrogens is 2. The number of hydrogen-bond acceptors (Lipinski definition) is 5. The molecule has 0 aliphatic carbocycles. The third-order valence-corrected chi connectivity index (χ3v) is 5.08. The molecular formula is C22H36N5ORbS. The summed E-state index contributed by atoms with van der Waals surface area (Å²) in [6, 6.07) is 1.89. The van der Waals surface area contributed by atoms with Crippen LogP contribution in [0.25, 0.3) is 16.4 Å². The Labute approximate surface area is 236 Å². The van der Waals surface area contributed by atoms with Gasteiger partial charge >= 0.3 is 58.2 Å². The van der Waals surface area contributed by atoms with Crippen molar-refractivity contribution < 1.29 is 63.0 Å². The van der Waals surface area contributed by atoms with Gasteiger partial charge in [0.15, 0.2) is 5.91 Å². The van der Waals surface area contributed by atoms with Crippen LogP contribution in [0.3, 0.4) is 0 Å². The van der Waals surface area contributed by atoms with Crippen molar-refractivity contribution in [2.45, 2.75) is 53.0 Å². The Morgan fingerprint density at radius 3 is 2.37 bits per heavy atom. The SMILES string of the molecule is C=C1[N-]C(=O)c2cnc3[nH]ccc3c2N1C.CC.CC.CC12CCCN1C2.CS.[Rb+]. The Morgan fingerprint density at radius 1 is 1.27 bits per heavy atom. The van der Waals surface area contributed by atoms with Gasteiger partial charge in [-0.2, -0.15) is 12.6 Å². The van der Waals surface area contributed by atoms with Crippen LogP contribution in [-0.4, -0.2) is 52.7 Å². The van der Waals surface area contributed by atoms with Gasteiger partial charge < -0.3 is 15.2 Å². The zero-order valence-corrected chi connectivity index (χ0v) is 25.7. The minimum absolute atomic E-state index is 0. The number of hydrogen-bond donors (Lipinski definition) is 2. The first-order valence-corrected chi connectivity index (χ1v) is 11.2. The molecule has 2 saturated heterocycles. The van der Waals surface area contributed by atoms with E-state index < -0.39 is 0 Å². The van der Waals surface area contributed by atoms with Crippen LogP contribution in [0.15, 0.2) is 30.9 Å². The number of nitrogens with zero attached hydrogens (tertiary/aromatic N) is 4. The van der Waals surface area contributed by atoms with Gasteiger partial charge in [-0.15, -0.1) is 0 Å². The van der Waals surface area contributed by atoms with Gasteiger partial charge in [-0.05, 0) is 44.3 Å². The number of rotatable bonds is 0. The van der Waals surface area contributed by atoms with Gasteiger partial charge in [-0.1, -0.05) is 47.1 Å². The molecule has 2 unspecified atom stereocenters. The van der Waals surface area contributed by atoms with Crippen molar-refractivity contribution in [3.8, 4) is 0 Å². The van der Waals surface area contributed by atoms with E-state index in [1.807, 2.05) is 40.8 Å². The quantitative estimate of drug-likeness (QED) is 0.428. The number of carbonyl (C=O) groups is 1. The van der Waals surface area contributed by atoms with Gasteiger partial charge in [0.25, 0.3) is 0 Å². The first kappa shape index (κ1) is 29.8. The average Bonchev–Trinajstić information content (AvgIpc) is 3.08. The molecule has 8 heteroatoms. The van der Waals surface area contributed by atoms with Gasteiger partial charge in [0.1, 0.15) is 5.65 Å². The monoisotopic (exact) mass is 503 g/mol. The van der Waals surface area contributed by atoms with Crippen LogP contribution in [0.5, 0.6) is 0 Å². The molecule has 2 aromatic heterocycles. The summed E-state index contributed by atoms with van der Waals surface area (Å²) in [6.45, 7) is 16.9. The van der Waals surface area contributed by atoms with Gasteiger partial charge in [0, 0.05) is 35.4 Å². The summed E-state index contributed by atoms with van der Waals surface area (Å²) >= 11 is 3.53. The molecule has 3 aliphatic rings. The van der Waals surface area contributed by atoms with E-state index in [1.165, 1.54) is 25.9 Å². The van der Waals surface area contributed by atoms with E-state index in [1.54, 1.807) is 23.5 Å². The fraction of sp³-hybridized carbons (Fsp3) is 0.545. The van der Waals surface area contributed by atoms with Crippen molar-refractivity contribution in [2.75, 3.05) is 31.3 Å². The van der Waals surface area contributed by atoms with Crippen LogP contribution in [0.1, 0.15) is 57.8 Å². The zero-order chi connectivity index (χ0) is 22.2. The Morgan fingerprint density at radius 2 is 1.90 bits per heavy atom. The topological polar surface area (TPSA) is 66.1 Å². The number of nitrogens with one attached hydrogen (secondary N) is 1. The summed E-state index contributed by atoms with van der Waals surface area (Å²) in [5.41, 5.74) is 2.78. The van der Waals surface area contributed by atoms with E-state index in [0.29, 0.717) is 16.9 Å². The van der Waals surface area contributed by atoms with Crippen molar-refractivity contribution in [1.29, 1.82) is 0 Å². The smallest absolute Gasteiger partial charge is 0.446 e. The summed E-state index contributed by atoms with van der Waals surface area (Å²) in [5, 5.41) is 4.75. The van der Waals surface area contributed by atoms with E-state index >= 15 is 0 Å². The van der Waals surface area contributed by atoms with Crippen molar-refractivity contribution in [1.82, 2.24) is 14.9 Å². The molecule has 0 spiro atoms. The van der Waals surface area contributed by atoms with Crippen LogP contribution in [0.2, 0.25) is 0 Å². The molecule has 3 aliphatic heterocycles. The Hall–Kier alpha value is -0.185. The van der Waals surface area contributed by atoms with Crippen LogP contribution in [0.4, 0.5) is 5.69 Å². The van der Waals surface area contributed by atoms with E-state index in [2.05, 4.69) is 46.3 Å². The molecule has 2 atom stereocenters. The molecule has 0 saturated carbocycles. The maximum Gasteiger partial charge on any atom is 1.00 e. The second-order valence-electron chi connectivity index (χ2n) is 6.67. The van der Waals surface area contributed by atoms with Crippen LogP contribution in [-0.2, 0) is 0 Å². The van der Waals surface area contributed by atoms with E-state index in [4.69, 9.17) is 0 Å². The fourth-order valence-electron chi connectivity index (χ4n) is 3.51. The zero-order valence-electron chi connectivity index (χ0n) is 19.9. The third-order valence-electron chi connectivity index (χ3n) is 5.08. The maximum atomic E-state index is 11.7. The number of fused-ring (bicyclic) bond motifs is 4. The van der Waals surface area contributed by atoms with Gasteiger partial charge in [-0.3, -0.25) is 9.69 Å². The largest absolute Gasteiger partial charge is 1.00 e. The summed E-state index contributed by atoms with van der Waals surface area (Å²) in [4.78, 5) is 23.2. The number of pyridine rings is 1. The third kappa shape index (κ3) is 6.66. The fourth-order valence-corrected chi connectivity index (χ4v) is 3.51. The van der Waals surface area contributed by atoms with E-state index in [0.717, 1.165) is 16.7 Å². The van der Waals surface area contributed by atoms with E-state index in [-0.39, 0.29) is 64.1 Å². The van der Waals surface area contributed by atoms with Gasteiger partial charge in [-0.25, -0.2) is 4.98 Å². The molecule has 2 aromatic rings. The second-order valence-corrected chi connectivity index (χ2v) is 6.67. The summed E-state index contributed by atoms with van der Waals surface area (Å²) in [6.07, 6.45) is 7.93. The molecule has 0 radical (unpaired) electrons. The molecule has 5 rings (SSSR count). The molecule has 1 N–H and O–H groups in total. The van der Waals surface area contributed by atoms with Crippen LogP contribution in [0, 0.1) is 0 Å². The second kappa shape index (κ2) is 14.1. The minimum Gasteiger partial charge on any atom is -0.446 e. The molecule has 2 fully saturated rings. The number of thiol groups is 1. The van der Waals surface area contributed by atoms with Crippen LogP contribution < -0.4 is 63.1 Å². The molecular weight excluding hydrogens is 468 g/mol. The van der Waals surface area contributed by atoms with Crippen molar-refractivity contribution >= 4 is 35.3 Å². The first-order valence-electron chi connectivity index (χ1n) is 10.3. The summed E-state index contributed by atoms with van der Waals surface area (Å²) in [5.74, 6) is 0.167. The first-order chi connectivity index (χ1) is 14.0. The molecule has 0 aromatic carbocycles. The predicted molar refractivity (Wildman–Crippen MR) is 128 cm³/mol. The Balaban J connectivity index is 0.000000505. The van der Waals surface area contributed by atoms with Gasteiger partial charge in [0.2, 0.25) is 0 Å². The van der Waals surface area contributed by atoms with Crippen LogP contribution >= 0.6 is 12.6 Å². The van der Waals surface area contributed by atoms with E-state index in [9.17, 15) is 4.79 Å². The molecule has 1 amide bonds. The normalized spacial score (nSPS) is 22.0. The number of H-pyrrole nitrogens is 1. The predicted octanol–water partition coefficient (Wildman–Crippen LogP) is 2.45. The number of amides is 1. The van der Waals surface area contributed by atoms with Crippen molar-refractivity contribution in [2.24, 2.45) is 0 Å². The molecule has 5 heterocycles. The van der Waals surface area contributed by atoms with Crippen molar-refractivity contribution in [3.05, 3.63) is 41.7 Å². The number of aromatic amines is 1. The standard InChI is InChI=1S/C11H10N4O.C6H11N.2C2H6.CH4S.Rb/c1-6-14-11(16)8-5-13-10-7(3-4-12-10)9(8)15(6)2;1-6-3-2-4-7(6)5-6;3*1-2;/h3-5H,1H2,2H3,(H2,12,13,14,16);2-5H2,1H3;2*1-2H3;2H,1H3;/q;;;;;+1/p-1.